The first-order chi connectivity index (χ1) is 18.2. The zero-order valence-electron chi connectivity index (χ0n) is 22.1. The molecule has 4 aromatic rings. The van der Waals surface area contributed by atoms with Crippen molar-refractivity contribution in [1.82, 2.24) is 24.6 Å². The van der Waals surface area contributed by atoms with E-state index in [4.69, 9.17) is 9.72 Å². The quantitative estimate of drug-likeness (QED) is 0.344. The van der Waals surface area contributed by atoms with Crippen LogP contribution in [-0.2, 0) is 12.1 Å². The van der Waals surface area contributed by atoms with Crippen molar-refractivity contribution in [2.75, 3.05) is 0 Å². The van der Waals surface area contributed by atoms with Crippen molar-refractivity contribution >= 4 is 6.09 Å². The average Bonchev–Trinajstić information content (AvgIpc) is 3.26. The molecule has 8 heteroatoms. The normalized spacial score (nSPS) is 15.6. The number of aryl methyl sites for hydroxylation is 1. The summed E-state index contributed by atoms with van der Waals surface area (Å²) in [6.45, 7) is 8.11. The predicted octanol–water partition coefficient (Wildman–Crippen LogP) is 6.35. The Morgan fingerprint density at radius 3 is 2.34 bits per heavy atom. The van der Waals surface area contributed by atoms with Crippen molar-refractivity contribution in [2.45, 2.75) is 64.6 Å². The van der Waals surface area contributed by atoms with Gasteiger partial charge in [-0.1, -0.05) is 54.6 Å². The summed E-state index contributed by atoms with van der Waals surface area (Å²) in [5.41, 5.74) is 4.58. The number of aromatic nitrogens is 4. The van der Waals surface area contributed by atoms with Crippen LogP contribution in [0, 0.1) is 6.92 Å². The minimum atomic E-state index is -0.884. The summed E-state index contributed by atoms with van der Waals surface area (Å²) in [5.74, 6) is 2.08. The Bertz CT molecular complexity index is 1520. The van der Waals surface area contributed by atoms with Gasteiger partial charge in [0.1, 0.15) is 11.5 Å². The zero-order chi connectivity index (χ0) is 26.7. The molecule has 1 aliphatic heterocycles. The first-order valence-electron chi connectivity index (χ1n) is 13.0. The number of benzene rings is 2. The molecule has 2 aliphatic rings. The molecule has 2 aromatic carbocycles. The van der Waals surface area contributed by atoms with E-state index in [1.54, 1.807) is 4.90 Å². The second kappa shape index (κ2) is 8.68. The van der Waals surface area contributed by atoms with E-state index in [1.165, 1.54) is 0 Å². The molecule has 0 radical (unpaired) electrons. The molecule has 0 saturated heterocycles. The van der Waals surface area contributed by atoms with Gasteiger partial charge in [0.25, 0.3) is 0 Å². The molecule has 6 rings (SSSR count). The van der Waals surface area contributed by atoms with Gasteiger partial charge in [-0.2, -0.15) is 0 Å². The van der Waals surface area contributed by atoms with Gasteiger partial charge in [0.05, 0.1) is 11.2 Å². The number of hydrogen-bond acceptors (Lipinski definition) is 5. The van der Waals surface area contributed by atoms with Crippen molar-refractivity contribution in [2.24, 2.45) is 0 Å². The molecule has 1 N–H and O–H groups in total. The Kier molecular flexibility index (Phi) is 5.52. The van der Waals surface area contributed by atoms with Crippen LogP contribution in [0.5, 0.6) is 5.88 Å². The summed E-state index contributed by atoms with van der Waals surface area (Å²) in [7, 11) is 0. The molecule has 0 atom stereocenters. The third-order valence-corrected chi connectivity index (χ3v) is 7.69. The fourth-order valence-electron chi connectivity index (χ4n) is 5.96. The van der Waals surface area contributed by atoms with E-state index in [0.717, 1.165) is 64.5 Å². The van der Waals surface area contributed by atoms with Crippen LogP contribution in [0.15, 0.2) is 60.7 Å². The number of amides is 1. The molecule has 1 amide bonds. The van der Waals surface area contributed by atoms with Gasteiger partial charge >= 0.3 is 6.09 Å². The van der Waals surface area contributed by atoms with Gasteiger partial charge in [-0.05, 0) is 64.2 Å². The molecule has 2 aromatic heterocycles. The van der Waals surface area contributed by atoms with Gasteiger partial charge in [0.15, 0.2) is 12.4 Å². The molecular formula is C30H31N5O3. The van der Waals surface area contributed by atoms with Gasteiger partial charge in [0, 0.05) is 16.7 Å². The fraction of sp³-hybridized carbons (Fsp3) is 0.333. The number of pyridine rings is 1. The Labute approximate surface area is 221 Å². The van der Waals surface area contributed by atoms with Crippen LogP contribution in [0.2, 0.25) is 0 Å². The zero-order valence-corrected chi connectivity index (χ0v) is 22.1. The number of fused-ring (bicyclic) bond motifs is 3. The maximum atomic E-state index is 12.4. The third kappa shape index (κ3) is 3.74. The van der Waals surface area contributed by atoms with Crippen LogP contribution in [0.1, 0.15) is 57.2 Å². The largest absolute Gasteiger partial charge is 0.468 e. The lowest BCUT2D eigenvalue weighted by Gasteiger charge is -2.54. The number of hydrogen-bond donors (Lipinski definition) is 1. The molecule has 0 bridgehead atoms. The van der Waals surface area contributed by atoms with Gasteiger partial charge in [-0.3, -0.25) is 9.47 Å². The van der Waals surface area contributed by atoms with E-state index in [2.05, 4.69) is 52.7 Å². The van der Waals surface area contributed by atoms with Crippen LogP contribution in [0.3, 0.4) is 0 Å². The highest BCUT2D eigenvalue weighted by Gasteiger charge is 2.50. The Morgan fingerprint density at radius 2 is 1.74 bits per heavy atom. The van der Waals surface area contributed by atoms with Crippen molar-refractivity contribution in [3.8, 4) is 34.0 Å². The van der Waals surface area contributed by atoms with Crippen LogP contribution >= 0.6 is 0 Å². The molecule has 1 fully saturated rings. The average molecular weight is 510 g/mol. The highest BCUT2D eigenvalue weighted by molar-refractivity contribution is 5.83. The van der Waals surface area contributed by atoms with Crippen molar-refractivity contribution in [3.05, 3.63) is 77.9 Å². The van der Waals surface area contributed by atoms with Gasteiger partial charge in [-0.15, -0.1) is 10.2 Å². The van der Waals surface area contributed by atoms with E-state index in [9.17, 15) is 9.90 Å². The maximum Gasteiger partial charge on any atom is 0.408 e. The molecule has 0 spiro atoms. The van der Waals surface area contributed by atoms with Crippen LogP contribution in [0.25, 0.3) is 28.1 Å². The number of carboxylic acid groups (broad SMARTS) is 1. The summed E-state index contributed by atoms with van der Waals surface area (Å²) in [6.07, 6.45) is 1.76. The minimum Gasteiger partial charge on any atom is -0.468 e. The van der Waals surface area contributed by atoms with Gasteiger partial charge < -0.3 is 9.84 Å². The lowest BCUT2D eigenvalue weighted by Crippen LogP contribution is -2.60. The second-order valence-electron chi connectivity index (χ2n) is 11.1. The van der Waals surface area contributed by atoms with E-state index < -0.39 is 17.2 Å². The first kappa shape index (κ1) is 24.2. The van der Waals surface area contributed by atoms with Crippen molar-refractivity contribution in [3.63, 3.8) is 0 Å². The second-order valence-corrected chi connectivity index (χ2v) is 11.1. The Balaban J connectivity index is 1.47. The van der Waals surface area contributed by atoms with E-state index in [1.807, 2.05) is 50.5 Å². The maximum absolute atomic E-state index is 12.4. The van der Waals surface area contributed by atoms with Crippen molar-refractivity contribution in [1.29, 1.82) is 0 Å². The molecule has 0 unspecified atom stereocenters. The van der Waals surface area contributed by atoms with Crippen molar-refractivity contribution < 1.29 is 14.6 Å². The summed E-state index contributed by atoms with van der Waals surface area (Å²) in [4.78, 5) is 19.0. The van der Waals surface area contributed by atoms with E-state index >= 15 is 0 Å². The lowest BCUT2D eigenvalue weighted by atomic mass is 9.69. The van der Waals surface area contributed by atoms with Gasteiger partial charge in [-0.25, -0.2) is 9.78 Å². The molecule has 1 aliphatic carbocycles. The van der Waals surface area contributed by atoms with Crippen LogP contribution < -0.4 is 4.74 Å². The highest BCUT2D eigenvalue weighted by Crippen LogP contribution is 2.50. The topological polar surface area (TPSA) is 93.4 Å². The summed E-state index contributed by atoms with van der Waals surface area (Å²) in [6, 6.07) is 20.5. The number of ether oxygens (including phenoxy) is 1. The highest BCUT2D eigenvalue weighted by atomic mass is 16.5. The predicted molar refractivity (Wildman–Crippen MR) is 144 cm³/mol. The smallest absolute Gasteiger partial charge is 0.408 e. The monoisotopic (exact) mass is 509 g/mol. The summed E-state index contributed by atoms with van der Waals surface area (Å²) >= 11 is 0. The fourth-order valence-corrected chi connectivity index (χ4v) is 5.96. The Hall–Kier alpha value is -4.20. The molecule has 194 valence electrons. The summed E-state index contributed by atoms with van der Waals surface area (Å²) < 4.78 is 8.01. The number of carbonyl (C=O) groups is 1. The van der Waals surface area contributed by atoms with Crippen LogP contribution in [0.4, 0.5) is 4.79 Å². The van der Waals surface area contributed by atoms with E-state index in [0.29, 0.717) is 12.5 Å². The van der Waals surface area contributed by atoms with Gasteiger partial charge in [0.2, 0.25) is 5.88 Å². The lowest BCUT2D eigenvalue weighted by molar-refractivity contribution is -0.0328. The molecular weight excluding hydrogens is 478 g/mol. The minimum absolute atomic E-state index is 0.310. The summed E-state index contributed by atoms with van der Waals surface area (Å²) in [5, 5.41) is 18.6. The van der Waals surface area contributed by atoms with E-state index in [-0.39, 0.29) is 0 Å². The Morgan fingerprint density at radius 1 is 1.03 bits per heavy atom. The molecule has 1 saturated carbocycles. The molecule has 8 nitrogen and oxygen atoms in total. The SMILES string of the molecule is Cc1nnc2n1-c1cc(-c3ccccc3)c(-c3ccc(C4(N(C(=O)O)C(C)(C)C)CCC4)cc3)nc1OC2. The first-order valence-corrected chi connectivity index (χ1v) is 13.0. The number of rotatable bonds is 4. The standard InChI is InChI=1S/C30H31N5O3/c1-19-32-33-25-18-38-27-24(34(19)25)17-23(20-9-6-5-7-10-20)26(31-27)21-11-13-22(14-12-21)30(15-8-16-30)35(28(36)37)29(2,3)4/h5-7,9-14,17H,8,15-16,18H2,1-4H3,(H,36,37). The number of nitrogens with zero attached hydrogens (tertiary/aromatic N) is 5. The third-order valence-electron chi connectivity index (χ3n) is 7.69. The molecule has 38 heavy (non-hydrogen) atoms. The molecule has 3 heterocycles. The van der Waals surface area contributed by atoms with Crippen LogP contribution in [-0.4, -0.2) is 41.4 Å².